The molecule has 10 heteroatoms. The summed E-state index contributed by atoms with van der Waals surface area (Å²) < 4.78 is 32.9. The van der Waals surface area contributed by atoms with Crippen LogP contribution in [0.15, 0.2) is 57.6 Å². The number of anilines is 2. The fraction of sp³-hybridized carbons (Fsp3) is 0.188. The van der Waals surface area contributed by atoms with E-state index < -0.39 is 15.0 Å². The van der Waals surface area contributed by atoms with Gasteiger partial charge in [0.05, 0.1) is 10.1 Å². The Kier molecular flexibility index (Phi) is 6.67. The summed E-state index contributed by atoms with van der Waals surface area (Å²) in [6.45, 7) is 0. The Morgan fingerprint density at radius 1 is 1.15 bits per heavy atom. The van der Waals surface area contributed by atoms with Gasteiger partial charge in [-0.15, -0.1) is 5.11 Å². The van der Waals surface area contributed by atoms with Gasteiger partial charge in [-0.3, -0.25) is 9.35 Å². The lowest BCUT2D eigenvalue weighted by molar-refractivity contribution is -0.113. The lowest BCUT2D eigenvalue weighted by atomic mass is 10.2. The summed E-state index contributed by atoms with van der Waals surface area (Å²) in [5.41, 5.74) is 1.72. The second kappa shape index (κ2) is 8.56. The number of nitrogens with zero attached hydrogens (tertiary/aromatic N) is 3. The molecule has 0 bridgehead atoms. The first-order valence-corrected chi connectivity index (χ1v) is 10.3. The zero-order chi connectivity index (χ0) is 19.3. The maximum Gasteiger partial charge on any atom is 0.296 e. The lowest BCUT2D eigenvalue weighted by Crippen LogP contribution is -2.12. The first-order valence-electron chi connectivity index (χ1n) is 7.37. The molecule has 8 nitrogen and oxygen atoms in total. The molecule has 0 saturated carbocycles. The van der Waals surface area contributed by atoms with E-state index in [4.69, 9.17) is 0 Å². The molecule has 0 radical (unpaired) electrons. The molecule has 0 heterocycles. The Morgan fingerprint density at radius 2 is 1.81 bits per heavy atom. The summed E-state index contributed by atoms with van der Waals surface area (Å²) in [6, 6.07) is 11.2. The molecule has 26 heavy (non-hydrogen) atoms. The minimum absolute atomic E-state index is 0.0309. The fourth-order valence-electron chi connectivity index (χ4n) is 2.00. The van der Waals surface area contributed by atoms with E-state index in [1.54, 1.807) is 12.1 Å². The smallest absolute Gasteiger partial charge is 0.296 e. The molecule has 0 saturated heterocycles. The van der Waals surface area contributed by atoms with Crippen LogP contribution < -0.4 is 10.2 Å². The number of carbonyl (C=O) groups excluding carboxylic acids is 1. The van der Waals surface area contributed by atoms with Gasteiger partial charge in [-0.1, -0.05) is 22.6 Å². The van der Waals surface area contributed by atoms with Gasteiger partial charge in [0.25, 0.3) is 10.1 Å². The second-order valence-electron chi connectivity index (χ2n) is 5.45. The number of alkyl halides is 1. The first-order chi connectivity index (χ1) is 12.2. The Morgan fingerprint density at radius 3 is 2.35 bits per heavy atom. The molecule has 0 aliphatic rings. The van der Waals surface area contributed by atoms with Crippen LogP contribution in [0, 0.1) is 0 Å². The number of halogens is 1. The van der Waals surface area contributed by atoms with Crippen molar-refractivity contribution in [3.8, 4) is 0 Å². The monoisotopic (exact) mass is 488 g/mol. The second-order valence-corrected chi connectivity index (χ2v) is 7.60. The molecule has 2 rings (SSSR count). The lowest BCUT2D eigenvalue weighted by Gasteiger charge is -2.11. The molecule has 0 aliphatic heterocycles. The predicted octanol–water partition coefficient (Wildman–Crippen LogP) is 3.79. The zero-order valence-corrected chi connectivity index (χ0v) is 17.0. The van der Waals surface area contributed by atoms with Gasteiger partial charge >= 0.3 is 0 Å². The normalized spacial score (nSPS) is 11.5. The molecule has 2 N–H and O–H groups in total. The quantitative estimate of drug-likeness (QED) is 0.278. The molecule has 0 atom stereocenters. The molecule has 2 aromatic rings. The molecular weight excluding hydrogens is 471 g/mol. The number of amides is 1. The van der Waals surface area contributed by atoms with Gasteiger partial charge in [-0.2, -0.15) is 13.5 Å². The zero-order valence-electron chi connectivity index (χ0n) is 14.0. The Labute approximate surface area is 165 Å². The van der Waals surface area contributed by atoms with E-state index in [9.17, 15) is 17.8 Å². The number of hydrogen-bond donors (Lipinski definition) is 2. The van der Waals surface area contributed by atoms with Crippen molar-refractivity contribution in [2.24, 2.45) is 10.2 Å². The van der Waals surface area contributed by atoms with Crippen molar-refractivity contribution in [1.82, 2.24) is 0 Å². The Bertz CT molecular complexity index is 928. The maximum absolute atomic E-state index is 11.6. The van der Waals surface area contributed by atoms with Crippen LogP contribution in [0.1, 0.15) is 0 Å². The summed E-state index contributed by atoms with van der Waals surface area (Å²) in [6.07, 6.45) is 0. The van der Waals surface area contributed by atoms with E-state index in [-0.39, 0.29) is 21.7 Å². The molecule has 138 valence electrons. The molecule has 0 spiro atoms. The van der Waals surface area contributed by atoms with Crippen LogP contribution in [0.2, 0.25) is 0 Å². The summed E-state index contributed by atoms with van der Waals surface area (Å²) in [5, 5.41) is 10.4. The topological polar surface area (TPSA) is 111 Å². The Balaban J connectivity index is 2.34. The van der Waals surface area contributed by atoms with E-state index in [2.05, 4.69) is 15.5 Å². The third-order valence-electron chi connectivity index (χ3n) is 3.28. The van der Waals surface area contributed by atoms with E-state index in [0.29, 0.717) is 5.69 Å². The number of nitrogens with one attached hydrogen (secondary N) is 1. The molecule has 0 aliphatic carbocycles. The van der Waals surface area contributed by atoms with Gasteiger partial charge in [0.2, 0.25) is 5.91 Å². The molecule has 1 amide bonds. The van der Waals surface area contributed by atoms with Crippen molar-refractivity contribution < 1.29 is 17.8 Å². The van der Waals surface area contributed by atoms with Crippen LogP contribution in [0.4, 0.5) is 22.7 Å². The summed E-state index contributed by atoms with van der Waals surface area (Å²) in [7, 11) is -0.714. The fourth-order valence-corrected chi connectivity index (χ4v) is 2.84. The van der Waals surface area contributed by atoms with Crippen molar-refractivity contribution >= 4 is 61.4 Å². The summed E-state index contributed by atoms with van der Waals surface area (Å²) >= 11 is 1.88. The number of hydrogen-bond acceptors (Lipinski definition) is 6. The average Bonchev–Trinajstić information content (AvgIpc) is 2.60. The molecule has 0 fully saturated rings. The van der Waals surface area contributed by atoms with E-state index in [0.717, 1.165) is 11.8 Å². The third kappa shape index (κ3) is 5.47. The van der Waals surface area contributed by atoms with Crippen LogP contribution in [0.5, 0.6) is 0 Å². The summed E-state index contributed by atoms with van der Waals surface area (Å²) in [4.78, 5) is 12.9. The van der Waals surface area contributed by atoms with Crippen LogP contribution >= 0.6 is 22.6 Å². The number of carbonyl (C=O) groups is 1. The molecular formula is C16H17IN4O4S. The van der Waals surface area contributed by atoms with Crippen molar-refractivity contribution in [1.29, 1.82) is 0 Å². The largest absolute Gasteiger partial charge is 0.378 e. The van der Waals surface area contributed by atoms with Gasteiger partial charge in [0.15, 0.2) is 0 Å². The van der Waals surface area contributed by atoms with Crippen LogP contribution in [-0.4, -0.2) is 37.4 Å². The van der Waals surface area contributed by atoms with E-state index >= 15 is 0 Å². The van der Waals surface area contributed by atoms with Crippen molar-refractivity contribution in [3.63, 3.8) is 0 Å². The molecule has 2 aromatic carbocycles. The van der Waals surface area contributed by atoms with Gasteiger partial charge in [-0.05, 0) is 42.5 Å². The highest BCUT2D eigenvalue weighted by molar-refractivity contribution is 14.1. The van der Waals surface area contributed by atoms with Crippen LogP contribution in [-0.2, 0) is 14.9 Å². The highest BCUT2D eigenvalue weighted by atomic mass is 127. The van der Waals surface area contributed by atoms with E-state index in [1.807, 2.05) is 53.7 Å². The van der Waals surface area contributed by atoms with Gasteiger partial charge in [-0.25, -0.2) is 0 Å². The van der Waals surface area contributed by atoms with Crippen molar-refractivity contribution in [3.05, 3.63) is 42.5 Å². The minimum Gasteiger partial charge on any atom is -0.378 e. The first kappa shape index (κ1) is 20.3. The standard InChI is InChI=1S/C16H17IN4O4S/c1-21(2)13-6-3-11(4-7-13)19-20-14-8-5-12(18-16(22)10-17)9-15(14)26(23,24)25/h3-9H,10H2,1-2H3,(H,18,22)(H,23,24,25). The van der Waals surface area contributed by atoms with E-state index in [1.165, 1.54) is 12.1 Å². The average molecular weight is 488 g/mol. The highest BCUT2D eigenvalue weighted by Gasteiger charge is 2.17. The van der Waals surface area contributed by atoms with Gasteiger partial charge in [0, 0.05) is 25.5 Å². The van der Waals surface area contributed by atoms with Gasteiger partial charge in [0.1, 0.15) is 10.6 Å². The summed E-state index contributed by atoms with van der Waals surface area (Å²) in [5.74, 6) is -0.290. The Hall–Kier alpha value is -2.05. The minimum atomic E-state index is -4.53. The van der Waals surface area contributed by atoms with Crippen molar-refractivity contribution in [2.75, 3.05) is 28.7 Å². The highest BCUT2D eigenvalue weighted by Crippen LogP contribution is 2.29. The van der Waals surface area contributed by atoms with Crippen LogP contribution in [0.25, 0.3) is 0 Å². The maximum atomic E-state index is 11.6. The predicted molar refractivity (Wildman–Crippen MR) is 109 cm³/mol. The van der Waals surface area contributed by atoms with Crippen molar-refractivity contribution in [2.45, 2.75) is 4.90 Å². The SMILES string of the molecule is CN(C)c1ccc(N=Nc2ccc(NC(=O)CI)cc2S(=O)(=O)O)cc1. The molecule has 0 unspecified atom stereocenters. The number of azo groups is 1. The van der Waals surface area contributed by atoms with Gasteiger partial charge < -0.3 is 10.2 Å². The van der Waals surface area contributed by atoms with Crippen LogP contribution in [0.3, 0.4) is 0 Å². The molecule has 0 aromatic heterocycles. The number of benzene rings is 2. The third-order valence-corrected chi connectivity index (χ3v) is 4.86. The number of rotatable bonds is 6.